The van der Waals surface area contributed by atoms with E-state index in [-0.39, 0.29) is 12.8 Å². The summed E-state index contributed by atoms with van der Waals surface area (Å²) in [5, 5.41) is 41.5. The van der Waals surface area contributed by atoms with Gasteiger partial charge in [0, 0.05) is 12.8 Å². The van der Waals surface area contributed by atoms with E-state index in [4.69, 9.17) is 28.3 Å². The molecule has 0 heterocycles. The highest BCUT2D eigenvalue weighted by molar-refractivity contribution is 7.47. The van der Waals surface area contributed by atoms with Crippen molar-refractivity contribution < 1.29 is 76.9 Å². The van der Waals surface area contributed by atoms with Gasteiger partial charge < -0.3 is 44.6 Å². The molecule has 8 atom stereocenters. The monoisotopic (exact) mass is 967 g/mol. The fourth-order valence-corrected chi connectivity index (χ4v) is 8.67. The van der Waals surface area contributed by atoms with Gasteiger partial charge in [-0.2, -0.15) is 0 Å². The molecule has 0 bridgehead atoms. The van der Waals surface area contributed by atoms with Crippen LogP contribution in [0.5, 0.6) is 0 Å². The van der Waals surface area contributed by atoms with Crippen LogP contribution >= 0.6 is 15.6 Å². The lowest BCUT2D eigenvalue weighted by molar-refractivity contribution is -0.216. The van der Waals surface area contributed by atoms with Crippen LogP contribution in [0, 0.1) is 0 Å². The molecule has 1 fully saturated rings. The summed E-state index contributed by atoms with van der Waals surface area (Å²) in [7, 11) is -10.6. The molecule has 18 heteroatoms. The first kappa shape index (κ1) is 61.0. The molecule has 16 nitrogen and oxygen atoms in total. The number of allylic oxidation sites excluding steroid dienone is 8. The van der Waals surface area contributed by atoms with Crippen LogP contribution in [0.15, 0.2) is 48.6 Å². The predicted octanol–water partition coefficient (Wildman–Crippen LogP) is 9.29. The molecule has 7 N–H and O–H groups in total. The van der Waals surface area contributed by atoms with E-state index in [9.17, 15) is 44.0 Å². The summed E-state index contributed by atoms with van der Waals surface area (Å²) < 4.78 is 49.1. The van der Waals surface area contributed by atoms with Crippen LogP contribution in [0.3, 0.4) is 0 Å². The normalized spacial score (nSPS) is 22.0. The lowest BCUT2D eigenvalue weighted by Crippen LogP contribution is -2.64. The third-order valence-electron chi connectivity index (χ3n) is 10.9. The SMILES string of the molecule is CCCCC/C=C/C/C=C/C/C=C/C/C=C/CCCC(=O)O[C@H](COC(=O)CCCCCCCCCCCCCCCCC)COP(=O)(O)OC1[C@H](O)[C@H](O)C(OP(=O)(O)O)[C@H](O)[C@H]1O. The zero-order valence-electron chi connectivity index (χ0n) is 39.2. The Morgan fingerprint density at radius 3 is 1.34 bits per heavy atom. The van der Waals surface area contributed by atoms with E-state index in [0.717, 1.165) is 51.4 Å². The number of hydrogen-bond donors (Lipinski definition) is 7. The highest BCUT2D eigenvalue weighted by atomic mass is 31.2. The van der Waals surface area contributed by atoms with E-state index >= 15 is 0 Å². The molecule has 0 spiro atoms. The Bertz CT molecular complexity index is 1430. The number of aliphatic hydroxyl groups is 4. The largest absolute Gasteiger partial charge is 0.472 e. The number of ether oxygens (including phenoxy) is 2. The second-order valence-electron chi connectivity index (χ2n) is 16.8. The first-order valence-electron chi connectivity index (χ1n) is 24.2. The molecule has 1 saturated carbocycles. The fraction of sp³-hybridized carbons (Fsp3) is 0.787. The molecule has 0 aromatic carbocycles. The minimum atomic E-state index is -5.31. The van der Waals surface area contributed by atoms with E-state index in [2.05, 4.69) is 54.8 Å². The van der Waals surface area contributed by atoms with Crippen molar-refractivity contribution in [2.45, 2.75) is 224 Å². The Balaban J connectivity index is 2.61. The van der Waals surface area contributed by atoms with Gasteiger partial charge in [0.25, 0.3) is 0 Å². The third kappa shape index (κ3) is 32.4. The van der Waals surface area contributed by atoms with Crippen LogP contribution in [-0.2, 0) is 41.8 Å². The predicted molar refractivity (Wildman–Crippen MR) is 250 cm³/mol. The van der Waals surface area contributed by atoms with Crippen molar-refractivity contribution in [1.82, 2.24) is 0 Å². The number of rotatable bonds is 40. The van der Waals surface area contributed by atoms with E-state index in [1.54, 1.807) is 0 Å². The van der Waals surface area contributed by atoms with Gasteiger partial charge in [-0.1, -0.05) is 165 Å². The van der Waals surface area contributed by atoms with Crippen molar-refractivity contribution in [2.75, 3.05) is 13.2 Å². The fourth-order valence-electron chi connectivity index (χ4n) is 7.14. The molecular formula is C47H84O16P2. The van der Waals surface area contributed by atoms with Gasteiger partial charge in [-0.25, -0.2) is 9.13 Å². The van der Waals surface area contributed by atoms with Crippen LogP contribution in [0.4, 0.5) is 0 Å². The number of hydrogen-bond acceptors (Lipinski definition) is 13. The summed E-state index contributed by atoms with van der Waals surface area (Å²) in [5.41, 5.74) is 0. The van der Waals surface area contributed by atoms with Crippen LogP contribution < -0.4 is 0 Å². The Morgan fingerprint density at radius 2 is 0.877 bits per heavy atom. The van der Waals surface area contributed by atoms with Gasteiger partial charge in [0.2, 0.25) is 0 Å². The number of unbranched alkanes of at least 4 members (excludes halogenated alkanes) is 18. The third-order valence-corrected chi connectivity index (χ3v) is 12.4. The quantitative estimate of drug-likeness (QED) is 0.0131. The number of phosphoric ester groups is 2. The summed E-state index contributed by atoms with van der Waals surface area (Å²) in [6, 6.07) is 0. The molecule has 65 heavy (non-hydrogen) atoms. The smallest absolute Gasteiger partial charge is 0.462 e. The highest BCUT2D eigenvalue weighted by Crippen LogP contribution is 2.48. The van der Waals surface area contributed by atoms with Gasteiger partial charge in [-0.3, -0.25) is 23.2 Å². The molecule has 0 aliphatic heterocycles. The minimum Gasteiger partial charge on any atom is -0.462 e. The summed E-state index contributed by atoms with van der Waals surface area (Å²) >= 11 is 0. The van der Waals surface area contributed by atoms with Gasteiger partial charge in [-0.15, -0.1) is 0 Å². The van der Waals surface area contributed by atoms with Gasteiger partial charge in [0.15, 0.2) is 6.10 Å². The highest BCUT2D eigenvalue weighted by Gasteiger charge is 2.54. The summed E-state index contributed by atoms with van der Waals surface area (Å²) in [5.74, 6) is -1.25. The molecule has 1 aliphatic carbocycles. The van der Waals surface area contributed by atoms with E-state index in [1.807, 2.05) is 12.2 Å². The molecular weight excluding hydrogens is 882 g/mol. The van der Waals surface area contributed by atoms with Gasteiger partial charge >= 0.3 is 27.6 Å². The average Bonchev–Trinajstić information content (AvgIpc) is 3.26. The number of carbonyl (C=O) groups is 2. The standard InChI is InChI=1S/C47H84O16P2/c1-3-5-7-9-11-13-15-17-19-20-22-24-26-28-30-32-34-36-41(49)61-39(37-59-40(48)35-33-31-29-27-25-23-21-18-16-14-12-10-8-6-4-2)38-60-65(57,58)63-47-44(52)42(50)46(43(51)45(47)53)62-64(54,55)56/h11,13,17,19,22,24,28,30,39,42-47,50-53H,3-10,12,14-16,18,20-21,23,25-27,29,31-38H2,1-2H3,(H,57,58)(H2,54,55,56)/b13-11+,19-17+,24-22+,30-28+/t39-,42-,43+,44-,45-,46?,47?/m1/s1. The second-order valence-corrected chi connectivity index (χ2v) is 19.4. The van der Waals surface area contributed by atoms with Gasteiger partial charge in [-0.05, 0) is 51.4 Å². The number of carbonyl (C=O) groups excluding carboxylic acids is 2. The summed E-state index contributed by atoms with van der Waals surface area (Å²) in [6.45, 7) is 3.07. The molecule has 0 aromatic heterocycles. The maximum atomic E-state index is 12.9. The van der Waals surface area contributed by atoms with Crippen molar-refractivity contribution in [3.63, 3.8) is 0 Å². The first-order valence-corrected chi connectivity index (χ1v) is 27.2. The Hall–Kier alpha value is -2.04. The van der Waals surface area contributed by atoms with Crippen LogP contribution in [0.2, 0.25) is 0 Å². The average molecular weight is 967 g/mol. The molecule has 0 saturated heterocycles. The van der Waals surface area contributed by atoms with Crippen molar-refractivity contribution in [2.24, 2.45) is 0 Å². The van der Waals surface area contributed by atoms with Crippen LogP contribution in [0.25, 0.3) is 0 Å². The Labute approximate surface area is 388 Å². The topological polar surface area (TPSA) is 256 Å². The summed E-state index contributed by atoms with van der Waals surface area (Å²) in [6.07, 6.45) is 28.0. The minimum absolute atomic E-state index is 0.0248. The zero-order valence-corrected chi connectivity index (χ0v) is 40.9. The molecule has 0 radical (unpaired) electrons. The van der Waals surface area contributed by atoms with Crippen molar-refractivity contribution >= 4 is 27.6 Å². The second kappa shape index (κ2) is 37.9. The zero-order chi connectivity index (χ0) is 48.2. The van der Waals surface area contributed by atoms with Crippen molar-refractivity contribution in [1.29, 1.82) is 0 Å². The van der Waals surface area contributed by atoms with Gasteiger partial charge in [0.1, 0.15) is 43.2 Å². The van der Waals surface area contributed by atoms with Crippen molar-refractivity contribution in [3.8, 4) is 0 Å². The number of phosphoric acid groups is 2. The Kier molecular flexibility index (Phi) is 35.5. The molecule has 1 aliphatic rings. The van der Waals surface area contributed by atoms with Crippen LogP contribution in [-0.4, -0.2) is 103 Å². The van der Waals surface area contributed by atoms with Crippen molar-refractivity contribution in [3.05, 3.63) is 48.6 Å². The molecule has 1 rings (SSSR count). The lowest BCUT2D eigenvalue weighted by atomic mass is 9.85. The first-order chi connectivity index (χ1) is 31.1. The molecule has 0 amide bonds. The lowest BCUT2D eigenvalue weighted by Gasteiger charge is -2.43. The Morgan fingerprint density at radius 1 is 0.492 bits per heavy atom. The maximum absolute atomic E-state index is 12.9. The molecule has 0 aromatic rings. The van der Waals surface area contributed by atoms with E-state index in [1.165, 1.54) is 83.5 Å². The van der Waals surface area contributed by atoms with E-state index < -0.39 is 83.5 Å². The van der Waals surface area contributed by atoms with E-state index in [0.29, 0.717) is 19.3 Å². The van der Waals surface area contributed by atoms with Crippen LogP contribution in [0.1, 0.15) is 181 Å². The number of aliphatic hydroxyl groups excluding tert-OH is 4. The maximum Gasteiger partial charge on any atom is 0.472 e. The van der Waals surface area contributed by atoms with Gasteiger partial charge in [0.05, 0.1) is 6.61 Å². The number of esters is 2. The molecule has 3 unspecified atom stereocenters. The molecule has 378 valence electrons. The summed E-state index contributed by atoms with van der Waals surface area (Å²) in [4.78, 5) is 54.0.